The van der Waals surface area contributed by atoms with E-state index in [-0.39, 0.29) is 17.7 Å². The molecule has 2 bridgehead atoms. The van der Waals surface area contributed by atoms with Crippen molar-refractivity contribution in [3.63, 3.8) is 0 Å². The van der Waals surface area contributed by atoms with Crippen LogP contribution in [0.25, 0.3) is 0 Å². The quantitative estimate of drug-likeness (QED) is 0.805. The molecule has 0 unspecified atom stereocenters. The summed E-state index contributed by atoms with van der Waals surface area (Å²) in [5.74, 6) is -0.833. The fourth-order valence-corrected chi connectivity index (χ4v) is 4.87. The predicted octanol–water partition coefficient (Wildman–Crippen LogP) is 2.26. The number of carbonyl (C=O) groups is 2. The highest BCUT2D eigenvalue weighted by Gasteiger charge is 2.52. The van der Waals surface area contributed by atoms with Gasteiger partial charge in [0.05, 0.1) is 24.1 Å². The minimum Gasteiger partial charge on any atom is -0.492 e. The Kier molecular flexibility index (Phi) is 4.81. The predicted molar refractivity (Wildman–Crippen MR) is 102 cm³/mol. The number of carboxylic acid groups (broad SMARTS) is 1. The average molecular weight is 370 g/mol. The molecule has 4 atom stereocenters. The number of nitrogens with zero attached hydrogens (tertiary/aromatic N) is 2. The van der Waals surface area contributed by atoms with Crippen molar-refractivity contribution in [3.8, 4) is 5.75 Å². The third kappa shape index (κ3) is 3.17. The number of allylic oxidation sites excluding steroid dienone is 2. The summed E-state index contributed by atoms with van der Waals surface area (Å²) < 4.78 is 5.72. The average Bonchev–Trinajstić information content (AvgIpc) is 3.30. The summed E-state index contributed by atoms with van der Waals surface area (Å²) in [5.41, 5.74) is 1.05. The van der Waals surface area contributed by atoms with Crippen molar-refractivity contribution >= 4 is 17.6 Å². The standard InChI is InChI=1S/C21H26N2O4/c1-2-27-17-6-4-3-5-16(17)22-9-11-23(12-10-22)20(24)18-14-7-8-15(13-14)19(18)21(25)26/h3-8,14-15,18-19H,2,9-13H2,1H3,(H,25,26)/t14-,15+,18-,19-/m0/s1. The molecule has 27 heavy (non-hydrogen) atoms. The number of para-hydroxylation sites is 2. The number of aliphatic carboxylic acids is 1. The molecule has 1 heterocycles. The second-order valence-electron chi connectivity index (χ2n) is 7.55. The number of carboxylic acids is 1. The van der Waals surface area contributed by atoms with Gasteiger partial charge < -0.3 is 19.6 Å². The molecule has 1 aliphatic heterocycles. The van der Waals surface area contributed by atoms with Crippen molar-refractivity contribution in [1.82, 2.24) is 4.90 Å². The van der Waals surface area contributed by atoms with E-state index >= 15 is 0 Å². The molecule has 1 saturated carbocycles. The first kappa shape index (κ1) is 17.9. The molecule has 6 nitrogen and oxygen atoms in total. The van der Waals surface area contributed by atoms with E-state index in [4.69, 9.17) is 4.74 Å². The van der Waals surface area contributed by atoms with Gasteiger partial charge in [-0.05, 0) is 37.3 Å². The van der Waals surface area contributed by atoms with E-state index in [0.717, 1.165) is 30.9 Å². The van der Waals surface area contributed by atoms with Gasteiger partial charge in [0.25, 0.3) is 0 Å². The largest absolute Gasteiger partial charge is 0.492 e. The Morgan fingerprint density at radius 1 is 1.07 bits per heavy atom. The number of amides is 1. The van der Waals surface area contributed by atoms with E-state index in [1.165, 1.54) is 0 Å². The summed E-state index contributed by atoms with van der Waals surface area (Å²) >= 11 is 0. The summed E-state index contributed by atoms with van der Waals surface area (Å²) in [5, 5.41) is 9.60. The molecule has 1 saturated heterocycles. The Morgan fingerprint density at radius 3 is 2.41 bits per heavy atom. The van der Waals surface area contributed by atoms with Crippen LogP contribution in [0.15, 0.2) is 36.4 Å². The number of anilines is 1. The molecule has 144 valence electrons. The number of rotatable bonds is 5. The molecule has 4 rings (SSSR count). The van der Waals surface area contributed by atoms with E-state index in [9.17, 15) is 14.7 Å². The molecule has 1 aromatic carbocycles. The number of fused-ring (bicyclic) bond motifs is 2. The summed E-state index contributed by atoms with van der Waals surface area (Å²) in [6, 6.07) is 7.97. The molecule has 0 spiro atoms. The molecule has 2 aliphatic carbocycles. The number of carbonyl (C=O) groups excluding carboxylic acids is 1. The first-order chi connectivity index (χ1) is 13.1. The lowest BCUT2D eigenvalue weighted by Gasteiger charge is -2.39. The summed E-state index contributed by atoms with van der Waals surface area (Å²) in [7, 11) is 0. The number of ether oxygens (including phenoxy) is 1. The van der Waals surface area contributed by atoms with Crippen molar-refractivity contribution < 1.29 is 19.4 Å². The van der Waals surface area contributed by atoms with Crippen LogP contribution >= 0.6 is 0 Å². The van der Waals surface area contributed by atoms with Gasteiger partial charge in [-0.25, -0.2) is 0 Å². The zero-order chi connectivity index (χ0) is 19.0. The van der Waals surface area contributed by atoms with Gasteiger partial charge >= 0.3 is 5.97 Å². The number of hydrogen-bond acceptors (Lipinski definition) is 4. The summed E-state index contributed by atoms with van der Waals surface area (Å²) in [4.78, 5) is 28.9. The van der Waals surface area contributed by atoms with Gasteiger partial charge in [-0.1, -0.05) is 24.3 Å². The lowest BCUT2D eigenvalue weighted by molar-refractivity contribution is -0.151. The van der Waals surface area contributed by atoms with Crippen molar-refractivity contribution in [2.75, 3.05) is 37.7 Å². The molecular weight excluding hydrogens is 344 g/mol. The monoisotopic (exact) mass is 370 g/mol. The van der Waals surface area contributed by atoms with Gasteiger partial charge in [-0.3, -0.25) is 9.59 Å². The maximum atomic E-state index is 13.1. The second-order valence-corrected chi connectivity index (χ2v) is 7.55. The third-order valence-electron chi connectivity index (χ3n) is 6.13. The fourth-order valence-electron chi connectivity index (χ4n) is 4.87. The zero-order valence-corrected chi connectivity index (χ0v) is 15.6. The molecule has 0 aromatic heterocycles. The van der Waals surface area contributed by atoms with E-state index in [0.29, 0.717) is 19.7 Å². The van der Waals surface area contributed by atoms with Crippen LogP contribution in [-0.2, 0) is 9.59 Å². The topological polar surface area (TPSA) is 70.1 Å². The lowest BCUT2D eigenvalue weighted by atomic mass is 9.82. The first-order valence-corrected chi connectivity index (χ1v) is 9.77. The Balaban J connectivity index is 1.43. The van der Waals surface area contributed by atoms with Crippen LogP contribution in [0.5, 0.6) is 5.75 Å². The van der Waals surface area contributed by atoms with E-state index in [1.807, 2.05) is 48.2 Å². The van der Waals surface area contributed by atoms with Crippen LogP contribution in [0.4, 0.5) is 5.69 Å². The minimum absolute atomic E-state index is 0.0111. The number of hydrogen-bond donors (Lipinski definition) is 1. The maximum absolute atomic E-state index is 13.1. The fraction of sp³-hybridized carbons (Fsp3) is 0.524. The van der Waals surface area contributed by atoms with Gasteiger partial charge in [-0.2, -0.15) is 0 Å². The highest BCUT2D eigenvalue weighted by Crippen LogP contribution is 2.48. The zero-order valence-electron chi connectivity index (χ0n) is 15.6. The van der Waals surface area contributed by atoms with Crippen LogP contribution < -0.4 is 9.64 Å². The molecule has 6 heteroatoms. The van der Waals surface area contributed by atoms with Crippen LogP contribution in [0.1, 0.15) is 13.3 Å². The third-order valence-corrected chi connectivity index (χ3v) is 6.13. The first-order valence-electron chi connectivity index (χ1n) is 9.77. The Morgan fingerprint density at radius 2 is 1.74 bits per heavy atom. The van der Waals surface area contributed by atoms with Crippen molar-refractivity contribution in [1.29, 1.82) is 0 Å². The summed E-state index contributed by atoms with van der Waals surface area (Å²) in [6.07, 6.45) is 4.83. The molecule has 0 radical (unpaired) electrons. The van der Waals surface area contributed by atoms with Crippen LogP contribution in [0.2, 0.25) is 0 Å². The van der Waals surface area contributed by atoms with Crippen molar-refractivity contribution in [2.24, 2.45) is 23.7 Å². The molecule has 1 amide bonds. The van der Waals surface area contributed by atoms with Crippen molar-refractivity contribution in [2.45, 2.75) is 13.3 Å². The van der Waals surface area contributed by atoms with E-state index < -0.39 is 17.8 Å². The SMILES string of the molecule is CCOc1ccccc1N1CCN(C(=O)[C@@H]2[C@@H](C(=O)O)[C@@H]3C=C[C@H]2C3)CC1. The Bertz CT molecular complexity index is 754. The molecule has 1 N–H and O–H groups in total. The second kappa shape index (κ2) is 7.25. The maximum Gasteiger partial charge on any atom is 0.307 e. The minimum atomic E-state index is -0.838. The van der Waals surface area contributed by atoms with Gasteiger partial charge in [0.1, 0.15) is 5.75 Å². The van der Waals surface area contributed by atoms with Crippen LogP contribution in [0, 0.1) is 23.7 Å². The van der Waals surface area contributed by atoms with Gasteiger partial charge in [0.15, 0.2) is 0 Å². The van der Waals surface area contributed by atoms with Crippen LogP contribution in [-0.4, -0.2) is 54.7 Å². The molecule has 2 fully saturated rings. The Labute approximate surface area is 159 Å². The number of piperazine rings is 1. The molecule has 1 aromatic rings. The smallest absolute Gasteiger partial charge is 0.307 e. The van der Waals surface area contributed by atoms with Crippen molar-refractivity contribution in [3.05, 3.63) is 36.4 Å². The lowest BCUT2D eigenvalue weighted by Crippen LogP contribution is -2.52. The van der Waals surface area contributed by atoms with Gasteiger partial charge in [0.2, 0.25) is 5.91 Å². The van der Waals surface area contributed by atoms with Gasteiger partial charge in [-0.15, -0.1) is 0 Å². The summed E-state index contributed by atoms with van der Waals surface area (Å²) in [6.45, 7) is 5.26. The van der Waals surface area contributed by atoms with Crippen LogP contribution in [0.3, 0.4) is 0 Å². The van der Waals surface area contributed by atoms with E-state index in [1.54, 1.807) is 0 Å². The highest BCUT2D eigenvalue weighted by molar-refractivity contribution is 5.87. The van der Waals surface area contributed by atoms with E-state index in [2.05, 4.69) is 4.90 Å². The highest BCUT2D eigenvalue weighted by atomic mass is 16.5. The number of benzene rings is 1. The van der Waals surface area contributed by atoms with Gasteiger partial charge in [0, 0.05) is 26.2 Å². The Hall–Kier alpha value is -2.50. The molecular formula is C21H26N2O4. The normalized spacial score (nSPS) is 29.2. The molecule has 3 aliphatic rings.